The van der Waals surface area contributed by atoms with Gasteiger partial charge >= 0.3 is 5.97 Å². The Labute approximate surface area is 168 Å². The molecule has 2 fully saturated rings. The first-order valence-corrected chi connectivity index (χ1v) is 10.6. The highest BCUT2D eigenvalue weighted by Crippen LogP contribution is 2.70. The average Bonchev–Trinajstić information content (AvgIpc) is 2.90. The van der Waals surface area contributed by atoms with Gasteiger partial charge < -0.3 is 4.74 Å². The van der Waals surface area contributed by atoms with Crippen molar-refractivity contribution >= 4 is 11.8 Å². The first-order chi connectivity index (χ1) is 13.1. The fraction of sp³-hybridized carbons (Fsp3) is 0.600. The summed E-state index contributed by atoms with van der Waals surface area (Å²) in [4.78, 5) is 25.6. The van der Waals surface area contributed by atoms with Crippen molar-refractivity contribution in [2.24, 2.45) is 28.1 Å². The molecule has 0 bridgehead atoms. The number of ether oxygens (including phenoxy) is 1. The number of benzene rings is 1. The second-order valence-electron chi connectivity index (χ2n) is 10.3. The lowest BCUT2D eigenvalue weighted by atomic mass is 9.45. The number of carbonyl (C=O) groups excluding carboxylic acids is 2. The van der Waals surface area contributed by atoms with Crippen molar-refractivity contribution in [2.45, 2.75) is 66.2 Å². The third-order valence-corrected chi connectivity index (χ3v) is 8.10. The number of carbonyl (C=O) groups is 2. The van der Waals surface area contributed by atoms with Crippen LogP contribution < -0.4 is 0 Å². The zero-order chi connectivity index (χ0) is 20.3. The maximum atomic E-state index is 13.5. The Kier molecular flexibility index (Phi) is 4.37. The molecule has 0 unspecified atom stereocenters. The molecule has 150 valence electrons. The van der Waals surface area contributed by atoms with E-state index in [2.05, 4.69) is 45.9 Å². The predicted octanol–water partition coefficient (Wildman–Crippen LogP) is 5.66. The molecule has 0 saturated heterocycles. The number of Topliss-reactive ketones (excluding diaryl/α,β-unsaturated/α-hetero) is 1. The molecule has 28 heavy (non-hydrogen) atoms. The summed E-state index contributed by atoms with van der Waals surface area (Å²) in [6.45, 7) is 10.5. The summed E-state index contributed by atoms with van der Waals surface area (Å²) < 4.78 is 5.87. The number of esters is 1. The molecule has 3 nitrogen and oxygen atoms in total. The minimum atomic E-state index is -0.483. The zero-order valence-corrected chi connectivity index (χ0v) is 17.7. The van der Waals surface area contributed by atoms with E-state index in [0.717, 1.165) is 30.6 Å². The fourth-order valence-corrected chi connectivity index (χ4v) is 7.08. The number of rotatable bonds is 2. The summed E-state index contributed by atoms with van der Waals surface area (Å²) in [6, 6.07) is 10.3. The van der Waals surface area contributed by atoms with E-state index in [1.807, 2.05) is 18.2 Å². The van der Waals surface area contributed by atoms with E-state index in [0.29, 0.717) is 12.2 Å². The molecule has 3 heteroatoms. The van der Waals surface area contributed by atoms with Crippen molar-refractivity contribution in [3.8, 4) is 0 Å². The molecule has 0 amide bonds. The molecule has 0 N–H and O–H groups in total. The fourth-order valence-electron chi connectivity index (χ4n) is 7.08. The maximum absolute atomic E-state index is 13.5. The van der Waals surface area contributed by atoms with Gasteiger partial charge in [-0.05, 0) is 41.2 Å². The standard InChI is InChI=1S/C25H32O3/c1-16(26)28-21-15-20-23(2,3)12-9-13-24(20,4)22-19(27)14-18(25(21,22)5)17-10-7-6-8-11-17/h6-8,10-11,15,18,20,22H,9,12-14H2,1-5H3/t18-,20+,22+,24+,25-/m0/s1. The lowest BCUT2D eigenvalue weighted by molar-refractivity contribution is -0.148. The minimum absolute atomic E-state index is 0.0413. The van der Waals surface area contributed by atoms with Crippen molar-refractivity contribution in [1.82, 2.24) is 0 Å². The van der Waals surface area contributed by atoms with Crippen LogP contribution in [0.2, 0.25) is 0 Å². The number of ketones is 1. The minimum Gasteiger partial charge on any atom is -0.431 e. The third-order valence-electron chi connectivity index (χ3n) is 8.10. The summed E-state index contributed by atoms with van der Waals surface area (Å²) in [5.74, 6) is 0.921. The Morgan fingerprint density at radius 3 is 2.39 bits per heavy atom. The second-order valence-corrected chi connectivity index (χ2v) is 10.3. The smallest absolute Gasteiger partial charge is 0.307 e. The Bertz CT molecular complexity index is 837. The van der Waals surface area contributed by atoms with Crippen LogP contribution in [0.1, 0.15) is 71.8 Å². The molecule has 4 rings (SSSR count). The van der Waals surface area contributed by atoms with Gasteiger partial charge in [-0.3, -0.25) is 9.59 Å². The molecule has 0 heterocycles. The highest BCUT2D eigenvalue weighted by Gasteiger charge is 2.67. The molecule has 0 aliphatic heterocycles. The topological polar surface area (TPSA) is 43.4 Å². The average molecular weight is 381 g/mol. The van der Waals surface area contributed by atoms with Gasteiger partial charge in [-0.25, -0.2) is 0 Å². The van der Waals surface area contributed by atoms with E-state index in [-0.39, 0.29) is 34.6 Å². The summed E-state index contributed by atoms with van der Waals surface area (Å²) in [5.41, 5.74) is 0.671. The Hall–Kier alpha value is -1.90. The van der Waals surface area contributed by atoms with Crippen LogP contribution in [-0.4, -0.2) is 11.8 Å². The van der Waals surface area contributed by atoms with Crippen molar-refractivity contribution in [3.05, 3.63) is 47.7 Å². The van der Waals surface area contributed by atoms with Gasteiger partial charge in [0.15, 0.2) is 0 Å². The largest absolute Gasteiger partial charge is 0.431 e. The number of hydrogen-bond acceptors (Lipinski definition) is 3. The van der Waals surface area contributed by atoms with Crippen LogP contribution >= 0.6 is 0 Å². The van der Waals surface area contributed by atoms with Crippen molar-refractivity contribution in [2.75, 3.05) is 0 Å². The van der Waals surface area contributed by atoms with Crippen LogP contribution in [0.3, 0.4) is 0 Å². The first-order valence-electron chi connectivity index (χ1n) is 10.6. The molecule has 1 aromatic rings. The SMILES string of the molecule is CC(=O)OC1=C[C@@H]2C(C)(C)CCC[C@@]2(C)[C@H]2C(=O)C[C@@H](c3ccccc3)[C@@]12C. The molecular weight excluding hydrogens is 348 g/mol. The Morgan fingerprint density at radius 2 is 1.75 bits per heavy atom. The molecule has 0 radical (unpaired) electrons. The monoisotopic (exact) mass is 380 g/mol. The predicted molar refractivity (Wildman–Crippen MR) is 109 cm³/mol. The van der Waals surface area contributed by atoms with E-state index in [9.17, 15) is 9.59 Å². The Balaban J connectivity index is 1.93. The normalized spacial score (nSPS) is 39.0. The van der Waals surface area contributed by atoms with Gasteiger partial charge in [0.05, 0.1) is 0 Å². The van der Waals surface area contributed by atoms with E-state index >= 15 is 0 Å². The molecule has 0 aromatic heterocycles. The number of fused-ring (bicyclic) bond motifs is 3. The molecule has 0 spiro atoms. The Morgan fingerprint density at radius 1 is 1.07 bits per heavy atom. The van der Waals surface area contributed by atoms with Crippen LogP contribution in [0.25, 0.3) is 0 Å². The summed E-state index contributed by atoms with van der Waals surface area (Å²) in [5, 5.41) is 0. The van der Waals surface area contributed by atoms with Gasteiger partial charge in [0, 0.05) is 30.6 Å². The summed E-state index contributed by atoms with van der Waals surface area (Å²) in [6.07, 6.45) is 6.08. The quantitative estimate of drug-likeness (QED) is 0.622. The molecule has 3 aliphatic carbocycles. The van der Waals surface area contributed by atoms with Gasteiger partial charge in [-0.1, -0.05) is 64.4 Å². The van der Waals surface area contributed by atoms with Gasteiger partial charge in [0.2, 0.25) is 0 Å². The number of allylic oxidation sites excluding steroid dienone is 2. The highest BCUT2D eigenvalue weighted by atomic mass is 16.5. The number of hydrogen-bond donors (Lipinski definition) is 0. The van der Waals surface area contributed by atoms with Gasteiger partial charge in [-0.15, -0.1) is 0 Å². The van der Waals surface area contributed by atoms with Crippen LogP contribution in [0.15, 0.2) is 42.2 Å². The molecule has 2 saturated carbocycles. The molecular formula is C25H32O3. The van der Waals surface area contributed by atoms with E-state index in [4.69, 9.17) is 4.74 Å². The molecule has 5 atom stereocenters. The molecule has 1 aromatic carbocycles. The van der Waals surface area contributed by atoms with E-state index in [1.54, 1.807) is 0 Å². The van der Waals surface area contributed by atoms with Crippen molar-refractivity contribution in [1.29, 1.82) is 0 Å². The lowest BCUT2D eigenvalue weighted by Crippen LogP contribution is -2.55. The lowest BCUT2D eigenvalue weighted by Gasteiger charge is -2.59. The van der Waals surface area contributed by atoms with Crippen LogP contribution in [-0.2, 0) is 14.3 Å². The molecule has 3 aliphatic rings. The van der Waals surface area contributed by atoms with Gasteiger partial charge in [0.1, 0.15) is 11.5 Å². The van der Waals surface area contributed by atoms with Crippen LogP contribution in [0.4, 0.5) is 0 Å². The van der Waals surface area contributed by atoms with Gasteiger partial charge in [0.25, 0.3) is 0 Å². The summed E-state index contributed by atoms with van der Waals surface area (Å²) >= 11 is 0. The van der Waals surface area contributed by atoms with Crippen LogP contribution in [0, 0.1) is 28.1 Å². The van der Waals surface area contributed by atoms with Crippen molar-refractivity contribution in [3.63, 3.8) is 0 Å². The van der Waals surface area contributed by atoms with E-state index in [1.165, 1.54) is 6.92 Å². The first kappa shape index (κ1) is 19.4. The third kappa shape index (κ3) is 2.62. The zero-order valence-electron chi connectivity index (χ0n) is 17.7. The van der Waals surface area contributed by atoms with Crippen molar-refractivity contribution < 1.29 is 14.3 Å². The van der Waals surface area contributed by atoms with Crippen LogP contribution in [0.5, 0.6) is 0 Å². The summed E-state index contributed by atoms with van der Waals surface area (Å²) in [7, 11) is 0. The maximum Gasteiger partial charge on any atom is 0.307 e. The van der Waals surface area contributed by atoms with Gasteiger partial charge in [-0.2, -0.15) is 0 Å². The second kappa shape index (κ2) is 6.30. The van der Waals surface area contributed by atoms with E-state index < -0.39 is 5.41 Å². The highest BCUT2D eigenvalue weighted by molar-refractivity contribution is 5.88.